The highest BCUT2D eigenvalue weighted by molar-refractivity contribution is 6.09. The average molecular weight is 433 g/mol. The van der Waals surface area contributed by atoms with E-state index in [1.165, 1.54) is 0 Å². The van der Waals surface area contributed by atoms with Gasteiger partial charge in [0.15, 0.2) is 0 Å². The molecule has 0 bridgehead atoms. The largest absolute Gasteiger partial charge is 0.468 e. The van der Waals surface area contributed by atoms with Crippen LogP contribution >= 0.6 is 0 Å². The lowest BCUT2D eigenvalue weighted by atomic mass is 9.65. The number of imide groups is 1. The Bertz CT molecular complexity index is 795. The highest BCUT2D eigenvalue weighted by atomic mass is 16.3. The van der Waals surface area contributed by atoms with Crippen molar-refractivity contribution in [2.45, 2.75) is 64.5 Å². The van der Waals surface area contributed by atoms with E-state index in [1.807, 2.05) is 25.1 Å². The van der Waals surface area contributed by atoms with Crippen molar-refractivity contribution in [3.8, 4) is 0 Å². The zero-order valence-electron chi connectivity index (χ0n) is 19.4. The van der Waals surface area contributed by atoms with E-state index < -0.39 is 11.6 Å². The van der Waals surface area contributed by atoms with Crippen molar-refractivity contribution >= 4 is 17.8 Å². The summed E-state index contributed by atoms with van der Waals surface area (Å²) in [5.74, 6) is 0.649. The zero-order chi connectivity index (χ0) is 22.8. The first-order valence-corrected chi connectivity index (χ1v) is 11.2. The third kappa shape index (κ3) is 4.79. The van der Waals surface area contributed by atoms with Crippen LogP contribution in [0.25, 0.3) is 0 Å². The van der Waals surface area contributed by atoms with E-state index >= 15 is 0 Å². The predicted octanol–water partition coefficient (Wildman–Crippen LogP) is 2.92. The third-order valence-electron chi connectivity index (χ3n) is 7.39. The molecule has 2 N–H and O–H groups in total. The number of urea groups is 1. The zero-order valence-corrected chi connectivity index (χ0v) is 19.4. The Balaban J connectivity index is 1.57. The van der Waals surface area contributed by atoms with Crippen LogP contribution in [-0.2, 0) is 9.59 Å². The Morgan fingerprint density at radius 1 is 1.35 bits per heavy atom. The third-order valence-corrected chi connectivity index (χ3v) is 7.39. The second-order valence-electron chi connectivity index (χ2n) is 9.82. The number of rotatable bonds is 8. The van der Waals surface area contributed by atoms with Gasteiger partial charge in [-0.05, 0) is 63.2 Å². The van der Waals surface area contributed by atoms with E-state index in [4.69, 9.17) is 4.42 Å². The van der Waals surface area contributed by atoms with Gasteiger partial charge >= 0.3 is 6.03 Å². The van der Waals surface area contributed by atoms with Gasteiger partial charge in [0.2, 0.25) is 5.91 Å². The summed E-state index contributed by atoms with van der Waals surface area (Å²) < 4.78 is 5.45. The number of furan rings is 1. The molecular weight excluding hydrogens is 396 g/mol. The lowest BCUT2D eigenvalue weighted by Gasteiger charge is -2.42. The lowest BCUT2D eigenvalue weighted by molar-refractivity contribution is -0.136. The Labute approximate surface area is 184 Å². The van der Waals surface area contributed by atoms with Crippen molar-refractivity contribution in [3.05, 3.63) is 24.2 Å². The van der Waals surface area contributed by atoms with E-state index in [1.54, 1.807) is 12.3 Å². The van der Waals surface area contributed by atoms with Crippen molar-refractivity contribution in [2.24, 2.45) is 11.3 Å². The summed E-state index contributed by atoms with van der Waals surface area (Å²) >= 11 is 0. The van der Waals surface area contributed by atoms with Crippen LogP contribution in [0.3, 0.4) is 0 Å². The fraction of sp³-hybridized carbons (Fsp3) is 0.696. The molecule has 1 atom stereocenters. The normalized spacial score (nSPS) is 25.2. The quantitative estimate of drug-likeness (QED) is 0.616. The molecule has 1 saturated carbocycles. The number of likely N-dealkylation sites (N-methyl/N-ethyl adjacent to an activating group) is 1. The highest BCUT2D eigenvalue weighted by Gasteiger charge is 2.53. The van der Waals surface area contributed by atoms with Crippen molar-refractivity contribution < 1.29 is 18.8 Å². The van der Waals surface area contributed by atoms with Crippen LogP contribution < -0.4 is 10.6 Å². The molecule has 1 aliphatic carbocycles. The van der Waals surface area contributed by atoms with Crippen LogP contribution in [0.15, 0.2) is 22.8 Å². The SMILES string of the molecule is CCC(C)(C)C1CCC2(CC1)NC(=O)N(CC(=O)NCC(c1ccco1)N(C)C)C2=O. The number of carbonyl (C=O) groups is 3. The smallest absolute Gasteiger partial charge is 0.325 e. The second kappa shape index (κ2) is 9.02. The average Bonchev–Trinajstić information content (AvgIpc) is 3.32. The Morgan fingerprint density at radius 3 is 2.58 bits per heavy atom. The molecule has 1 unspecified atom stereocenters. The minimum atomic E-state index is -0.849. The van der Waals surface area contributed by atoms with Gasteiger partial charge in [-0.15, -0.1) is 0 Å². The molecule has 2 heterocycles. The van der Waals surface area contributed by atoms with Gasteiger partial charge in [-0.2, -0.15) is 0 Å². The van der Waals surface area contributed by atoms with Gasteiger partial charge in [0.25, 0.3) is 5.91 Å². The Kier molecular flexibility index (Phi) is 6.79. The standard InChI is InChI=1S/C23H36N4O4/c1-6-22(2,3)16-9-11-23(12-10-16)20(29)27(21(30)25-23)15-19(28)24-14-17(26(4)5)18-8-7-13-31-18/h7-8,13,16-17H,6,9-12,14-15H2,1-5H3,(H,24,28)(H,25,30). The van der Waals surface area contributed by atoms with Gasteiger partial charge in [0, 0.05) is 6.54 Å². The molecule has 1 aromatic rings. The second-order valence-corrected chi connectivity index (χ2v) is 9.82. The molecule has 1 aromatic heterocycles. The van der Waals surface area contributed by atoms with Crippen LogP contribution in [0, 0.1) is 11.3 Å². The van der Waals surface area contributed by atoms with Gasteiger partial charge < -0.3 is 15.1 Å². The van der Waals surface area contributed by atoms with Crippen molar-refractivity contribution in [2.75, 3.05) is 27.2 Å². The predicted molar refractivity (Wildman–Crippen MR) is 117 cm³/mol. The molecule has 4 amide bonds. The summed E-state index contributed by atoms with van der Waals surface area (Å²) in [6, 6.07) is 3.05. The molecule has 172 valence electrons. The fourth-order valence-electron chi connectivity index (χ4n) is 4.77. The molecule has 0 aromatic carbocycles. The molecule has 2 fully saturated rings. The van der Waals surface area contributed by atoms with E-state index in [0.717, 1.165) is 29.9 Å². The minimum absolute atomic E-state index is 0.134. The summed E-state index contributed by atoms with van der Waals surface area (Å²) in [6.07, 6.45) is 5.75. The lowest BCUT2D eigenvalue weighted by Crippen LogP contribution is -2.51. The number of amides is 4. The molecule has 0 radical (unpaired) electrons. The van der Waals surface area contributed by atoms with E-state index in [0.29, 0.717) is 25.3 Å². The molecule has 8 nitrogen and oxygen atoms in total. The van der Waals surface area contributed by atoms with Gasteiger partial charge in [0.05, 0.1) is 12.3 Å². The van der Waals surface area contributed by atoms with Gasteiger partial charge in [-0.3, -0.25) is 19.4 Å². The summed E-state index contributed by atoms with van der Waals surface area (Å²) in [6.45, 7) is 6.78. The maximum absolute atomic E-state index is 13.1. The molecule has 31 heavy (non-hydrogen) atoms. The highest BCUT2D eigenvalue weighted by Crippen LogP contribution is 2.45. The number of carbonyl (C=O) groups excluding carboxylic acids is 3. The molecule has 1 spiro atoms. The maximum Gasteiger partial charge on any atom is 0.325 e. The first-order valence-electron chi connectivity index (χ1n) is 11.2. The van der Waals surface area contributed by atoms with Crippen molar-refractivity contribution in [1.29, 1.82) is 0 Å². The number of nitrogens with zero attached hydrogens (tertiary/aromatic N) is 2. The summed E-state index contributed by atoms with van der Waals surface area (Å²) in [5, 5.41) is 5.74. The van der Waals surface area contributed by atoms with Crippen LogP contribution in [0.1, 0.15) is 64.7 Å². The van der Waals surface area contributed by atoms with Gasteiger partial charge in [-0.25, -0.2) is 4.79 Å². The monoisotopic (exact) mass is 432 g/mol. The first kappa shape index (κ1) is 23.3. The van der Waals surface area contributed by atoms with Crippen LogP contribution in [0.5, 0.6) is 0 Å². The topological polar surface area (TPSA) is 94.9 Å². The van der Waals surface area contributed by atoms with Crippen LogP contribution in [0.4, 0.5) is 4.79 Å². The molecule has 1 aliphatic heterocycles. The van der Waals surface area contributed by atoms with Gasteiger partial charge in [-0.1, -0.05) is 27.2 Å². The molecule has 1 saturated heterocycles. The van der Waals surface area contributed by atoms with Crippen LogP contribution in [-0.4, -0.2) is 60.4 Å². The van der Waals surface area contributed by atoms with Crippen LogP contribution in [0.2, 0.25) is 0 Å². The van der Waals surface area contributed by atoms with Gasteiger partial charge in [0.1, 0.15) is 17.8 Å². The van der Waals surface area contributed by atoms with E-state index in [2.05, 4.69) is 31.4 Å². The molecule has 2 aliphatic rings. The fourth-order valence-corrected chi connectivity index (χ4v) is 4.77. The first-order chi connectivity index (χ1) is 14.6. The molecular formula is C23H36N4O4. The number of hydrogen-bond acceptors (Lipinski definition) is 5. The summed E-state index contributed by atoms with van der Waals surface area (Å²) in [7, 11) is 3.80. The Morgan fingerprint density at radius 2 is 2.03 bits per heavy atom. The Hall–Kier alpha value is -2.35. The minimum Gasteiger partial charge on any atom is -0.468 e. The summed E-state index contributed by atoms with van der Waals surface area (Å²) in [5.41, 5.74) is -0.623. The van der Waals surface area contributed by atoms with E-state index in [-0.39, 0.29) is 29.8 Å². The molecule has 8 heteroatoms. The maximum atomic E-state index is 13.1. The van der Waals surface area contributed by atoms with E-state index in [9.17, 15) is 14.4 Å². The van der Waals surface area contributed by atoms with Crippen molar-refractivity contribution in [1.82, 2.24) is 20.4 Å². The number of hydrogen-bond donors (Lipinski definition) is 2. The summed E-state index contributed by atoms with van der Waals surface area (Å²) in [4.78, 5) is 41.2. The number of nitrogens with one attached hydrogen (secondary N) is 2. The molecule has 3 rings (SSSR count). The van der Waals surface area contributed by atoms with Crippen molar-refractivity contribution in [3.63, 3.8) is 0 Å².